The van der Waals surface area contributed by atoms with Crippen molar-refractivity contribution in [1.82, 2.24) is 10.2 Å². The van der Waals surface area contributed by atoms with Crippen molar-refractivity contribution in [3.05, 3.63) is 0 Å². The van der Waals surface area contributed by atoms with Gasteiger partial charge in [-0.1, -0.05) is 6.92 Å². The molecule has 1 aliphatic rings. The molecule has 0 bridgehead atoms. The summed E-state index contributed by atoms with van der Waals surface area (Å²) >= 11 is 0. The van der Waals surface area contributed by atoms with E-state index < -0.39 is 0 Å². The molecule has 1 fully saturated rings. The summed E-state index contributed by atoms with van der Waals surface area (Å²) in [5.74, 6) is 0. The minimum absolute atomic E-state index is 0.0102. The van der Waals surface area contributed by atoms with E-state index in [0.29, 0.717) is 0 Å². The van der Waals surface area contributed by atoms with Crippen LogP contribution in [-0.4, -0.2) is 50.3 Å². The molecule has 14 heavy (non-hydrogen) atoms. The highest BCUT2D eigenvalue weighted by Crippen LogP contribution is 1.95. The number of morpholine rings is 1. The molecule has 0 aliphatic carbocycles. The summed E-state index contributed by atoms with van der Waals surface area (Å²) < 4.78 is 5.26. The maximum Gasteiger partial charge on any atom is 0.0950 e. The van der Waals surface area contributed by atoms with E-state index in [-0.39, 0.29) is 6.04 Å². The largest absolute Gasteiger partial charge is 0.379 e. The van der Waals surface area contributed by atoms with Gasteiger partial charge in [0.2, 0.25) is 0 Å². The Balaban J connectivity index is 2.05. The lowest BCUT2D eigenvalue weighted by molar-refractivity contribution is 0.0383. The molecule has 1 aliphatic heterocycles. The molecular weight excluding hydrogens is 178 g/mol. The maximum absolute atomic E-state index is 8.72. The first kappa shape index (κ1) is 11.4. The van der Waals surface area contributed by atoms with Gasteiger partial charge in [0.05, 0.1) is 25.3 Å². The summed E-state index contributed by atoms with van der Waals surface area (Å²) in [7, 11) is 0. The van der Waals surface area contributed by atoms with Gasteiger partial charge < -0.3 is 10.1 Å². The zero-order chi connectivity index (χ0) is 10.2. The Hall–Kier alpha value is -0.630. The lowest BCUT2D eigenvalue weighted by Gasteiger charge is -2.26. The van der Waals surface area contributed by atoms with E-state index in [4.69, 9.17) is 10.00 Å². The Morgan fingerprint density at radius 2 is 2.21 bits per heavy atom. The van der Waals surface area contributed by atoms with Gasteiger partial charge in [-0.25, -0.2) is 0 Å². The lowest BCUT2D eigenvalue weighted by atomic mass is 10.2. The molecule has 0 aromatic rings. The third-order valence-electron chi connectivity index (χ3n) is 2.49. The second-order valence-corrected chi connectivity index (χ2v) is 3.50. The van der Waals surface area contributed by atoms with Crippen LogP contribution in [0.2, 0.25) is 0 Å². The van der Waals surface area contributed by atoms with Gasteiger partial charge in [0.15, 0.2) is 0 Å². The van der Waals surface area contributed by atoms with Gasteiger partial charge in [-0.3, -0.25) is 4.90 Å². The second kappa shape index (κ2) is 6.77. The van der Waals surface area contributed by atoms with Crippen molar-refractivity contribution in [1.29, 1.82) is 5.26 Å². The van der Waals surface area contributed by atoms with Gasteiger partial charge in [-0.15, -0.1) is 0 Å². The summed E-state index contributed by atoms with van der Waals surface area (Å²) in [5.41, 5.74) is 0. The molecule has 1 atom stereocenters. The van der Waals surface area contributed by atoms with Crippen LogP contribution >= 0.6 is 0 Å². The second-order valence-electron chi connectivity index (χ2n) is 3.50. The predicted molar refractivity (Wildman–Crippen MR) is 55.0 cm³/mol. The lowest BCUT2D eigenvalue weighted by Crippen LogP contribution is -2.41. The number of hydrogen-bond donors (Lipinski definition) is 1. The fourth-order valence-electron chi connectivity index (χ4n) is 1.50. The van der Waals surface area contributed by atoms with Crippen LogP contribution in [0.25, 0.3) is 0 Å². The van der Waals surface area contributed by atoms with Crippen LogP contribution in [0.3, 0.4) is 0 Å². The van der Waals surface area contributed by atoms with Gasteiger partial charge in [-0.05, 0) is 6.42 Å². The predicted octanol–water partition coefficient (Wildman–Crippen LogP) is 0.210. The first-order valence-corrected chi connectivity index (χ1v) is 5.30. The molecule has 0 radical (unpaired) electrons. The van der Waals surface area contributed by atoms with Crippen LogP contribution in [0, 0.1) is 11.3 Å². The molecule has 0 amide bonds. The number of nitriles is 1. The highest BCUT2D eigenvalue weighted by Gasteiger charge is 2.10. The van der Waals surface area contributed by atoms with Gasteiger partial charge in [0, 0.05) is 26.2 Å². The number of ether oxygens (including phenoxy) is 1. The van der Waals surface area contributed by atoms with Gasteiger partial charge in [-0.2, -0.15) is 5.26 Å². The van der Waals surface area contributed by atoms with Crippen LogP contribution < -0.4 is 5.32 Å². The smallest absolute Gasteiger partial charge is 0.0950 e. The summed E-state index contributed by atoms with van der Waals surface area (Å²) in [6.07, 6.45) is 0.875. The van der Waals surface area contributed by atoms with E-state index in [0.717, 1.165) is 45.8 Å². The van der Waals surface area contributed by atoms with Gasteiger partial charge in [0.1, 0.15) is 0 Å². The fraction of sp³-hybridized carbons (Fsp3) is 0.900. The van der Waals surface area contributed by atoms with Gasteiger partial charge >= 0.3 is 0 Å². The van der Waals surface area contributed by atoms with Crippen molar-refractivity contribution in [3.8, 4) is 6.07 Å². The molecule has 1 N–H and O–H groups in total. The standard InChI is InChI=1S/C10H19N3O/c1-2-10(9-11)12-3-4-13-5-7-14-8-6-13/h10,12H,2-8H2,1H3. The molecule has 80 valence electrons. The quantitative estimate of drug-likeness (QED) is 0.684. The number of hydrogen-bond acceptors (Lipinski definition) is 4. The van der Waals surface area contributed by atoms with Crippen molar-refractivity contribution in [2.45, 2.75) is 19.4 Å². The third-order valence-corrected chi connectivity index (χ3v) is 2.49. The van der Waals surface area contributed by atoms with Crippen molar-refractivity contribution >= 4 is 0 Å². The van der Waals surface area contributed by atoms with Crippen molar-refractivity contribution in [2.75, 3.05) is 39.4 Å². The molecule has 4 nitrogen and oxygen atoms in total. The average Bonchev–Trinajstić information content (AvgIpc) is 2.26. The SMILES string of the molecule is CCC(C#N)NCCN1CCOCC1. The topological polar surface area (TPSA) is 48.3 Å². The number of nitrogens with zero attached hydrogens (tertiary/aromatic N) is 2. The third kappa shape index (κ3) is 4.05. The molecule has 1 unspecified atom stereocenters. The Morgan fingerprint density at radius 3 is 2.79 bits per heavy atom. The first-order valence-electron chi connectivity index (χ1n) is 5.30. The number of nitrogens with one attached hydrogen (secondary N) is 1. The van der Waals surface area contributed by atoms with Crippen molar-refractivity contribution < 1.29 is 4.74 Å². The van der Waals surface area contributed by atoms with Crippen molar-refractivity contribution in [2.24, 2.45) is 0 Å². The zero-order valence-electron chi connectivity index (χ0n) is 8.83. The summed E-state index contributed by atoms with van der Waals surface area (Å²) in [4.78, 5) is 2.36. The molecule has 1 saturated heterocycles. The molecule has 0 saturated carbocycles. The first-order chi connectivity index (χ1) is 6.86. The molecule has 1 heterocycles. The molecule has 4 heteroatoms. The summed E-state index contributed by atoms with van der Waals surface area (Å²) in [5, 5.41) is 11.9. The molecule has 1 rings (SSSR count). The van der Waals surface area contributed by atoms with Gasteiger partial charge in [0.25, 0.3) is 0 Å². The van der Waals surface area contributed by atoms with Crippen LogP contribution in [0.15, 0.2) is 0 Å². The fourth-order valence-corrected chi connectivity index (χ4v) is 1.50. The molecule has 0 spiro atoms. The Labute approximate surface area is 85.8 Å². The van der Waals surface area contributed by atoms with E-state index in [1.807, 2.05) is 6.92 Å². The van der Waals surface area contributed by atoms with E-state index in [1.54, 1.807) is 0 Å². The molecule has 0 aromatic heterocycles. The van der Waals surface area contributed by atoms with Crippen molar-refractivity contribution in [3.63, 3.8) is 0 Å². The summed E-state index contributed by atoms with van der Waals surface area (Å²) in [6.45, 7) is 7.66. The molecule has 0 aromatic carbocycles. The monoisotopic (exact) mass is 197 g/mol. The Kier molecular flexibility index (Phi) is 5.53. The van der Waals surface area contributed by atoms with E-state index in [2.05, 4.69) is 16.3 Å². The maximum atomic E-state index is 8.72. The van der Waals surface area contributed by atoms with Crippen LogP contribution in [0.5, 0.6) is 0 Å². The van der Waals surface area contributed by atoms with Crippen LogP contribution in [0.4, 0.5) is 0 Å². The Bertz CT molecular complexity index is 184. The molecular formula is C10H19N3O. The van der Waals surface area contributed by atoms with Crippen LogP contribution in [0.1, 0.15) is 13.3 Å². The minimum Gasteiger partial charge on any atom is -0.379 e. The zero-order valence-corrected chi connectivity index (χ0v) is 8.83. The number of rotatable bonds is 5. The van der Waals surface area contributed by atoms with E-state index >= 15 is 0 Å². The van der Waals surface area contributed by atoms with E-state index in [1.165, 1.54) is 0 Å². The Morgan fingerprint density at radius 1 is 1.50 bits per heavy atom. The average molecular weight is 197 g/mol. The highest BCUT2D eigenvalue weighted by molar-refractivity contribution is 4.88. The highest BCUT2D eigenvalue weighted by atomic mass is 16.5. The van der Waals surface area contributed by atoms with Crippen LogP contribution in [-0.2, 0) is 4.74 Å². The summed E-state index contributed by atoms with van der Waals surface area (Å²) in [6, 6.07) is 2.25. The normalized spacial score (nSPS) is 20.3. The van der Waals surface area contributed by atoms with E-state index in [9.17, 15) is 0 Å². The minimum atomic E-state index is 0.0102.